The predicted molar refractivity (Wildman–Crippen MR) is 91.3 cm³/mol. The van der Waals surface area contributed by atoms with E-state index in [-0.39, 0.29) is 4.90 Å². The SMILES string of the molecule is Cc1ccc(S(=O)(=O)N2N=Cc3c(C)ccc(C)c3B2O)cc1. The van der Waals surface area contributed by atoms with Gasteiger partial charge in [-0.1, -0.05) is 35.4 Å². The van der Waals surface area contributed by atoms with E-state index in [1.807, 2.05) is 32.9 Å². The summed E-state index contributed by atoms with van der Waals surface area (Å²) in [7, 11) is -5.25. The highest BCUT2D eigenvalue weighted by Gasteiger charge is 2.39. The first-order chi connectivity index (χ1) is 10.8. The number of fused-ring (bicyclic) bond motifs is 1. The van der Waals surface area contributed by atoms with E-state index in [0.29, 0.717) is 5.46 Å². The molecule has 0 radical (unpaired) electrons. The molecular formula is C16H17BN2O3S. The van der Waals surface area contributed by atoms with Crippen molar-refractivity contribution in [1.82, 2.24) is 4.33 Å². The van der Waals surface area contributed by atoms with Crippen molar-refractivity contribution in [2.24, 2.45) is 5.10 Å². The van der Waals surface area contributed by atoms with E-state index in [0.717, 1.165) is 26.6 Å². The fourth-order valence-corrected chi connectivity index (χ4v) is 3.90. The molecule has 0 bridgehead atoms. The Morgan fingerprint density at radius 2 is 1.61 bits per heavy atom. The lowest BCUT2D eigenvalue weighted by Gasteiger charge is -2.28. The molecule has 1 aliphatic rings. The Morgan fingerprint density at radius 3 is 2.26 bits per heavy atom. The molecule has 0 fully saturated rings. The molecule has 1 heterocycles. The van der Waals surface area contributed by atoms with Crippen LogP contribution in [0.1, 0.15) is 22.3 Å². The fraction of sp³-hybridized carbons (Fsp3) is 0.188. The maximum atomic E-state index is 12.8. The predicted octanol–water partition coefficient (Wildman–Crippen LogP) is 1.34. The van der Waals surface area contributed by atoms with Gasteiger partial charge in [-0.05, 0) is 49.5 Å². The fourth-order valence-electron chi connectivity index (χ4n) is 2.67. The van der Waals surface area contributed by atoms with Crippen LogP contribution in [0.4, 0.5) is 0 Å². The topological polar surface area (TPSA) is 70.0 Å². The molecule has 0 aromatic heterocycles. The molecule has 2 aromatic carbocycles. The third-order valence-electron chi connectivity index (χ3n) is 4.06. The largest absolute Gasteiger partial charge is 0.484 e. The Bertz CT molecular complexity index is 892. The van der Waals surface area contributed by atoms with Gasteiger partial charge in [0.2, 0.25) is 0 Å². The highest BCUT2D eigenvalue weighted by Crippen LogP contribution is 2.21. The van der Waals surface area contributed by atoms with Crippen LogP contribution >= 0.6 is 0 Å². The highest BCUT2D eigenvalue weighted by molar-refractivity contribution is 7.90. The van der Waals surface area contributed by atoms with Crippen molar-refractivity contribution in [3.05, 3.63) is 58.7 Å². The molecule has 3 rings (SSSR count). The molecule has 1 aliphatic heterocycles. The first-order valence-electron chi connectivity index (χ1n) is 7.25. The van der Waals surface area contributed by atoms with Gasteiger partial charge in [0.1, 0.15) is 0 Å². The van der Waals surface area contributed by atoms with E-state index in [9.17, 15) is 13.4 Å². The van der Waals surface area contributed by atoms with Crippen molar-refractivity contribution in [2.75, 3.05) is 0 Å². The third kappa shape index (κ3) is 2.56. The average Bonchev–Trinajstić information content (AvgIpc) is 2.51. The summed E-state index contributed by atoms with van der Waals surface area (Å²) >= 11 is 0. The van der Waals surface area contributed by atoms with Crippen molar-refractivity contribution in [3.63, 3.8) is 0 Å². The van der Waals surface area contributed by atoms with Gasteiger partial charge >= 0.3 is 7.05 Å². The van der Waals surface area contributed by atoms with Crippen molar-refractivity contribution in [2.45, 2.75) is 25.7 Å². The van der Waals surface area contributed by atoms with Crippen LogP contribution in [-0.2, 0) is 10.0 Å². The summed E-state index contributed by atoms with van der Waals surface area (Å²) in [6.45, 7) is 5.63. The number of nitrogens with zero attached hydrogens (tertiary/aromatic N) is 2. The van der Waals surface area contributed by atoms with Crippen molar-refractivity contribution >= 4 is 28.8 Å². The Morgan fingerprint density at radius 1 is 1.00 bits per heavy atom. The van der Waals surface area contributed by atoms with Crippen LogP contribution in [0.5, 0.6) is 0 Å². The van der Waals surface area contributed by atoms with Gasteiger partial charge in [0, 0.05) is 0 Å². The number of benzene rings is 2. The van der Waals surface area contributed by atoms with E-state index in [2.05, 4.69) is 5.10 Å². The number of hydrogen-bond donors (Lipinski definition) is 1. The minimum absolute atomic E-state index is 0.105. The summed E-state index contributed by atoms with van der Waals surface area (Å²) in [6, 6.07) is 10.3. The van der Waals surface area contributed by atoms with Crippen molar-refractivity contribution in [3.8, 4) is 0 Å². The highest BCUT2D eigenvalue weighted by atomic mass is 32.2. The second kappa shape index (κ2) is 5.51. The lowest BCUT2D eigenvalue weighted by molar-refractivity contribution is 0.476. The number of hydrogen-bond acceptors (Lipinski definition) is 4. The van der Waals surface area contributed by atoms with Gasteiger partial charge in [-0.25, -0.2) is 8.42 Å². The second-order valence-electron chi connectivity index (χ2n) is 5.74. The van der Waals surface area contributed by atoms with Crippen molar-refractivity contribution in [1.29, 1.82) is 0 Å². The van der Waals surface area contributed by atoms with Gasteiger partial charge in [0.05, 0.1) is 11.1 Å². The van der Waals surface area contributed by atoms with E-state index in [1.54, 1.807) is 12.1 Å². The Balaban J connectivity index is 2.09. The van der Waals surface area contributed by atoms with E-state index >= 15 is 0 Å². The standard InChI is InChI=1S/C16H17BN2O3S/c1-11-4-8-14(9-5-11)23(21,22)19-17(20)16-13(3)7-6-12(2)15(16)10-18-19/h4-10,20H,1-3H3. The summed E-state index contributed by atoms with van der Waals surface area (Å²) in [4.78, 5) is 0.105. The van der Waals surface area contributed by atoms with Gasteiger partial charge in [-0.3, -0.25) is 0 Å². The van der Waals surface area contributed by atoms with Crippen LogP contribution in [0.25, 0.3) is 0 Å². The maximum absolute atomic E-state index is 12.8. The quantitative estimate of drug-likeness (QED) is 0.846. The molecule has 0 amide bonds. The van der Waals surface area contributed by atoms with Crippen LogP contribution in [0.15, 0.2) is 46.4 Å². The molecule has 0 saturated heterocycles. The van der Waals surface area contributed by atoms with Crippen LogP contribution in [-0.4, -0.2) is 31.0 Å². The molecule has 118 valence electrons. The molecule has 0 unspecified atom stereocenters. The molecule has 7 heteroatoms. The van der Waals surface area contributed by atoms with Crippen LogP contribution < -0.4 is 5.46 Å². The average molecular weight is 328 g/mol. The molecule has 0 atom stereocenters. The van der Waals surface area contributed by atoms with E-state index < -0.39 is 17.1 Å². The zero-order valence-corrected chi connectivity index (χ0v) is 14.0. The molecular weight excluding hydrogens is 311 g/mol. The van der Waals surface area contributed by atoms with Crippen molar-refractivity contribution < 1.29 is 13.4 Å². The molecule has 2 aromatic rings. The van der Waals surface area contributed by atoms with Crippen LogP contribution in [0.2, 0.25) is 0 Å². The third-order valence-corrected chi connectivity index (χ3v) is 5.71. The minimum Gasteiger partial charge on any atom is -0.427 e. The Labute approximate surface area is 136 Å². The summed E-state index contributed by atoms with van der Waals surface area (Å²) in [5, 5.41) is 14.6. The zero-order chi connectivity index (χ0) is 16.8. The summed E-state index contributed by atoms with van der Waals surface area (Å²) in [5.74, 6) is 0. The molecule has 0 saturated carbocycles. The van der Waals surface area contributed by atoms with Gasteiger partial charge in [0.15, 0.2) is 0 Å². The van der Waals surface area contributed by atoms with Gasteiger partial charge < -0.3 is 5.02 Å². The molecule has 0 spiro atoms. The van der Waals surface area contributed by atoms with E-state index in [1.165, 1.54) is 18.3 Å². The van der Waals surface area contributed by atoms with Gasteiger partial charge in [-0.2, -0.15) is 9.43 Å². The first kappa shape index (κ1) is 15.8. The monoisotopic (exact) mass is 328 g/mol. The number of sulfonamides is 1. The van der Waals surface area contributed by atoms with Crippen LogP contribution in [0.3, 0.4) is 0 Å². The van der Waals surface area contributed by atoms with Crippen LogP contribution in [0, 0.1) is 20.8 Å². The first-order valence-corrected chi connectivity index (χ1v) is 8.69. The molecule has 23 heavy (non-hydrogen) atoms. The molecule has 1 N–H and O–H groups in total. The zero-order valence-electron chi connectivity index (χ0n) is 13.2. The minimum atomic E-state index is -3.91. The summed E-state index contributed by atoms with van der Waals surface area (Å²) in [5.41, 5.74) is 4.08. The lowest BCUT2D eigenvalue weighted by Crippen LogP contribution is -2.53. The second-order valence-corrected chi connectivity index (χ2v) is 7.53. The Kier molecular flexibility index (Phi) is 3.78. The van der Waals surface area contributed by atoms with Gasteiger partial charge in [-0.15, -0.1) is 0 Å². The Hall–Kier alpha value is -2.12. The molecule has 0 aliphatic carbocycles. The van der Waals surface area contributed by atoms with E-state index in [4.69, 9.17) is 0 Å². The summed E-state index contributed by atoms with van der Waals surface area (Å²) in [6.07, 6.45) is 1.50. The number of rotatable bonds is 2. The molecule has 5 nitrogen and oxygen atoms in total. The number of aryl methyl sites for hydroxylation is 3. The normalized spacial score (nSPS) is 14.1. The smallest absolute Gasteiger partial charge is 0.427 e. The summed E-state index contributed by atoms with van der Waals surface area (Å²) < 4.78 is 26.3. The number of hydrazone groups is 1. The van der Waals surface area contributed by atoms with Gasteiger partial charge in [0.25, 0.3) is 10.0 Å². The lowest BCUT2D eigenvalue weighted by atomic mass is 9.68. The maximum Gasteiger partial charge on any atom is 0.484 e.